The number of amides is 3. The third-order valence-corrected chi connectivity index (χ3v) is 6.98. The molecule has 0 aromatic heterocycles. The average Bonchev–Trinajstić information content (AvgIpc) is 2.92. The number of hydrogen-bond donors (Lipinski definition) is 3. The van der Waals surface area contributed by atoms with Gasteiger partial charge < -0.3 is 25.4 Å². The maximum atomic E-state index is 14.6. The van der Waals surface area contributed by atoms with Crippen molar-refractivity contribution >= 4 is 17.9 Å². The molecule has 0 saturated heterocycles. The lowest BCUT2D eigenvalue weighted by Gasteiger charge is -2.39. The van der Waals surface area contributed by atoms with Crippen LogP contribution in [0.15, 0.2) is 54.6 Å². The highest BCUT2D eigenvalue weighted by molar-refractivity contribution is 5.92. The van der Waals surface area contributed by atoms with Gasteiger partial charge in [-0.25, -0.2) is 4.79 Å². The van der Waals surface area contributed by atoms with Gasteiger partial charge in [0, 0.05) is 19.0 Å². The predicted molar refractivity (Wildman–Crippen MR) is 167 cm³/mol. The molecule has 0 aliphatic rings. The minimum Gasteiger partial charge on any atom is -0.508 e. The highest BCUT2D eigenvalue weighted by Crippen LogP contribution is 2.29. The third kappa shape index (κ3) is 11.7. The molecule has 0 saturated carbocycles. The van der Waals surface area contributed by atoms with Crippen LogP contribution >= 0.6 is 0 Å². The van der Waals surface area contributed by atoms with Gasteiger partial charge in [0.25, 0.3) is 0 Å². The van der Waals surface area contributed by atoms with Crippen molar-refractivity contribution in [3.8, 4) is 5.75 Å². The number of aromatic hydroxyl groups is 1. The van der Waals surface area contributed by atoms with Crippen molar-refractivity contribution in [3.05, 3.63) is 65.7 Å². The predicted octanol–water partition coefficient (Wildman–Crippen LogP) is 6.53. The second kappa shape index (κ2) is 16.8. The smallest absolute Gasteiger partial charge is 0.408 e. The van der Waals surface area contributed by atoms with Crippen molar-refractivity contribution in [1.82, 2.24) is 15.5 Å². The molecule has 3 amide bonds. The molecule has 0 spiro atoms. The summed E-state index contributed by atoms with van der Waals surface area (Å²) in [4.78, 5) is 43.1. The number of alkyl carbamates (subject to hydrolysis) is 1. The lowest BCUT2D eigenvalue weighted by atomic mass is 9.96. The van der Waals surface area contributed by atoms with Crippen LogP contribution in [0.25, 0.3) is 0 Å². The van der Waals surface area contributed by atoms with E-state index in [0.29, 0.717) is 24.4 Å². The van der Waals surface area contributed by atoms with Gasteiger partial charge in [-0.3, -0.25) is 9.59 Å². The molecule has 2 aromatic carbocycles. The largest absolute Gasteiger partial charge is 0.508 e. The van der Waals surface area contributed by atoms with Crippen LogP contribution in [0.4, 0.5) is 4.79 Å². The first-order valence-electron chi connectivity index (χ1n) is 15.2. The molecule has 8 heteroatoms. The second-order valence-electron chi connectivity index (χ2n) is 12.4. The summed E-state index contributed by atoms with van der Waals surface area (Å²) >= 11 is 0. The maximum Gasteiger partial charge on any atom is 0.408 e. The van der Waals surface area contributed by atoms with Crippen LogP contribution in [-0.4, -0.2) is 52.1 Å². The number of carbonyl (C=O) groups is 3. The van der Waals surface area contributed by atoms with Crippen molar-refractivity contribution < 1.29 is 24.2 Å². The lowest BCUT2D eigenvalue weighted by molar-refractivity contribution is -0.145. The molecule has 8 nitrogen and oxygen atoms in total. The van der Waals surface area contributed by atoms with Crippen LogP contribution in [0.2, 0.25) is 0 Å². The molecule has 0 aliphatic carbocycles. The quantitative estimate of drug-likeness (QED) is 0.207. The summed E-state index contributed by atoms with van der Waals surface area (Å²) in [6.45, 7) is 14.1. The Balaban J connectivity index is 2.58. The zero-order valence-electron chi connectivity index (χ0n) is 26.5. The Morgan fingerprint density at radius 1 is 0.929 bits per heavy atom. The number of benzene rings is 2. The zero-order valence-corrected chi connectivity index (χ0v) is 26.5. The average molecular weight is 582 g/mol. The van der Waals surface area contributed by atoms with Crippen LogP contribution in [0.3, 0.4) is 0 Å². The van der Waals surface area contributed by atoms with Gasteiger partial charge in [-0.15, -0.1) is 0 Å². The molecule has 2 aromatic rings. The number of carbonyl (C=O) groups excluding carboxylic acids is 3. The Kier molecular flexibility index (Phi) is 13.8. The van der Waals surface area contributed by atoms with Crippen molar-refractivity contribution in [2.24, 2.45) is 5.92 Å². The Bertz CT molecular complexity index is 1110. The van der Waals surface area contributed by atoms with E-state index in [-0.39, 0.29) is 30.0 Å². The normalized spacial score (nSPS) is 13.6. The maximum absolute atomic E-state index is 14.6. The summed E-state index contributed by atoms with van der Waals surface area (Å²) in [5.41, 5.74) is 0.704. The summed E-state index contributed by atoms with van der Waals surface area (Å²) in [5, 5.41) is 15.8. The number of ether oxygens (including phenoxy) is 1. The van der Waals surface area contributed by atoms with Crippen LogP contribution < -0.4 is 10.6 Å². The fourth-order valence-electron chi connectivity index (χ4n) is 4.77. The molecule has 0 aliphatic heterocycles. The van der Waals surface area contributed by atoms with Gasteiger partial charge in [-0.2, -0.15) is 0 Å². The Morgan fingerprint density at radius 2 is 1.57 bits per heavy atom. The summed E-state index contributed by atoms with van der Waals surface area (Å²) in [6.07, 6.45) is 3.89. The fraction of sp³-hybridized carbons (Fsp3) is 0.559. The van der Waals surface area contributed by atoms with Gasteiger partial charge in [0.05, 0.1) is 0 Å². The minimum atomic E-state index is -0.976. The number of hydrogen-bond acceptors (Lipinski definition) is 5. The summed E-state index contributed by atoms with van der Waals surface area (Å²) in [6, 6.07) is 13.6. The summed E-state index contributed by atoms with van der Waals surface area (Å²) < 4.78 is 5.53. The molecular formula is C34H51N3O5. The number of phenols is 1. The Hall–Kier alpha value is -3.55. The van der Waals surface area contributed by atoms with E-state index in [0.717, 1.165) is 31.2 Å². The molecule has 2 rings (SSSR count). The Labute approximate surface area is 252 Å². The standard InChI is InChI=1S/C34H51N3O5/c1-8-9-13-22-35-31(39)30(27-18-20-28(38)21-19-27)37(25(4)17-16-24(2)3)32(40)29(23-26-14-11-10-12-15-26)36-33(41)42-34(5,6)7/h10-12,14-15,18-21,24-25,29-30,38H,8-9,13,16-17,22-23H2,1-7H3,(H,35,39)(H,36,41). The van der Waals surface area contributed by atoms with Crippen molar-refractivity contribution in [2.45, 2.75) is 111 Å². The SMILES string of the molecule is CCCCCNC(=O)C(c1ccc(O)cc1)N(C(=O)C(Cc1ccccc1)NC(=O)OC(C)(C)C)C(C)CCC(C)C. The monoisotopic (exact) mass is 581 g/mol. The Morgan fingerprint density at radius 3 is 2.14 bits per heavy atom. The third-order valence-electron chi connectivity index (χ3n) is 6.98. The van der Waals surface area contributed by atoms with Crippen LogP contribution in [0.5, 0.6) is 5.75 Å². The van der Waals surface area contributed by atoms with E-state index in [2.05, 4.69) is 31.4 Å². The first-order valence-corrected chi connectivity index (χ1v) is 15.2. The van der Waals surface area contributed by atoms with E-state index in [1.165, 1.54) is 12.1 Å². The number of rotatable bonds is 15. The molecule has 42 heavy (non-hydrogen) atoms. The molecule has 232 valence electrons. The van der Waals surface area contributed by atoms with Gasteiger partial charge in [0.1, 0.15) is 23.4 Å². The highest BCUT2D eigenvalue weighted by atomic mass is 16.6. The van der Waals surface area contributed by atoms with Crippen LogP contribution in [-0.2, 0) is 20.7 Å². The topological polar surface area (TPSA) is 108 Å². The first kappa shape index (κ1) is 34.7. The van der Waals surface area contributed by atoms with E-state index in [9.17, 15) is 19.5 Å². The van der Waals surface area contributed by atoms with Crippen LogP contribution in [0, 0.1) is 5.92 Å². The number of unbranched alkanes of at least 4 members (excludes halogenated alkanes) is 2. The number of nitrogens with zero attached hydrogens (tertiary/aromatic N) is 1. The van der Waals surface area contributed by atoms with Gasteiger partial charge in [0.15, 0.2) is 0 Å². The van der Waals surface area contributed by atoms with Gasteiger partial charge >= 0.3 is 6.09 Å². The minimum absolute atomic E-state index is 0.0696. The van der Waals surface area contributed by atoms with E-state index in [4.69, 9.17) is 4.74 Å². The van der Waals surface area contributed by atoms with Crippen molar-refractivity contribution in [2.75, 3.05) is 6.54 Å². The van der Waals surface area contributed by atoms with Gasteiger partial charge in [-0.1, -0.05) is 76.1 Å². The van der Waals surface area contributed by atoms with Crippen LogP contribution in [0.1, 0.15) is 97.7 Å². The van der Waals surface area contributed by atoms with E-state index in [1.807, 2.05) is 37.3 Å². The molecule has 0 fully saturated rings. The summed E-state index contributed by atoms with van der Waals surface area (Å²) in [5.74, 6) is -0.195. The van der Waals surface area contributed by atoms with Crippen molar-refractivity contribution in [3.63, 3.8) is 0 Å². The molecular weight excluding hydrogens is 530 g/mol. The zero-order chi connectivity index (χ0) is 31.3. The number of phenolic OH excluding ortho intramolecular Hbond substituents is 1. The lowest BCUT2D eigenvalue weighted by Crippen LogP contribution is -2.56. The second-order valence-corrected chi connectivity index (χ2v) is 12.4. The molecule has 0 radical (unpaired) electrons. The van der Waals surface area contributed by atoms with E-state index < -0.39 is 23.8 Å². The molecule has 3 atom stereocenters. The fourth-order valence-corrected chi connectivity index (χ4v) is 4.77. The van der Waals surface area contributed by atoms with Gasteiger partial charge in [-0.05, 0) is 76.1 Å². The molecule has 3 unspecified atom stereocenters. The molecule has 0 bridgehead atoms. The van der Waals surface area contributed by atoms with Crippen molar-refractivity contribution in [1.29, 1.82) is 0 Å². The number of nitrogens with one attached hydrogen (secondary N) is 2. The molecule has 3 N–H and O–H groups in total. The highest BCUT2D eigenvalue weighted by Gasteiger charge is 2.39. The first-order chi connectivity index (χ1) is 19.8. The van der Waals surface area contributed by atoms with E-state index in [1.54, 1.807) is 37.8 Å². The van der Waals surface area contributed by atoms with E-state index >= 15 is 0 Å². The molecule has 0 heterocycles. The van der Waals surface area contributed by atoms with Gasteiger partial charge in [0.2, 0.25) is 11.8 Å². The summed E-state index contributed by atoms with van der Waals surface area (Å²) in [7, 11) is 0.